The zero-order valence-corrected chi connectivity index (χ0v) is 10.5. The summed E-state index contributed by atoms with van der Waals surface area (Å²) in [5, 5.41) is 11.6. The Hall–Kier alpha value is -2.28. The number of methoxy groups -OCH3 is 1. The first kappa shape index (κ1) is 11.8. The maximum Gasteiger partial charge on any atom is 0.356 e. The van der Waals surface area contributed by atoms with Gasteiger partial charge in [-0.1, -0.05) is 0 Å². The molecule has 0 atom stereocenters. The Kier molecular flexibility index (Phi) is 2.96. The minimum absolute atomic E-state index is 0.270. The van der Waals surface area contributed by atoms with Crippen LogP contribution in [-0.2, 0) is 17.8 Å². The molecule has 3 heterocycles. The zero-order chi connectivity index (χ0) is 13.2. The highest BCUT2D eigenvalue weighted by molar-refractivity contribution is 5.88. The van der Waals surface area contributed by atoms with E-state index in [9.17, 15) is 4.79 Å². The fraction of sp³-hybridized carbons (Fsp3) is 0.333. The van der Waals surface area contributed by atoms with E-state index in [-0.39, 0.29) is 5.69 Å². The molecule has 0 amide bonds. The lowest BCUT2D eigenvalue weighted by atomic mass is 10.2. The molecule has 0 saturated heterocycles. The van der Waals surface area contributed by atoms with Crippen LogP contribution in [0, 0.1) is 0 Å². The highest BCUT2D eigenvalue weighted by Gasteiger charge is 2.18. The van der Waals surface area contributed by atoms with Crippen LogP contribution in [0.2, 0.25) is 0 Å². The van der Waals surface area contributed by atoms with Gasteiger partial charge in [-0.3, -0.25) is 0 Å². The number of hydrogen-bond acceptors (Lipinski definition) is 6. The summed E-state index contributed by atoms with van der Waals surface area (Å²) < 4.78 is 6.72. The van der Waals surface area contributed by atoms with Crippen LogP contribution in [-0.4, -0.2) is 39.4 Å². The quantitative estimate of drug-likeness (QED) is 0.777. The molecule has 3 rings (SSSR count). The molecule has 0 spiro atoms. The third kappa shape index (κ3) is 2.08. The lowest BCUT2D eigenvalue weighted by Gasteiger charge is -2.16. The number of fused-ring (bicyclic) bond motifs is 1. The Morgan fingerprint density at radius 1 is 1.47 bits per heavy atom. The number of carbonyl (C=O) groups excluding carboxylic acids is 1. The first-order chi connectivity index (χ1) is 9.29. The molecule has 0 fully saturated rings. The monoisotopic (exact) mass is 259 g/mol. The van der Waals surface area contributed by atoms with Crippen LogP contribution in [0.15, 0.2) is 18.3 Å². The second-order valence-electron chi connectivity index (χ2n) is 4.19. The summed E-state index contributed by atoms with van der Waals surface area (Å²) in [6.45, 7) is 2.41. The molecule has 2 aromatic rings. The van der Waals surface area contributed by atoms with Crippen LogP contribution in [0.4, 0.5) is 0 Å². The van der Waals surface area contributed by atoms with E-state index in [0.717, 1.165) is 30.3 Å². The van der Waals surface area contributed by atoms with Gasteiger partial charge in [0.1, 0.15) is 11.5 Å². The average molecular weight is 259 g/mol. The van der Waals surface area contributed by atoms with E-state index in [2.05, 4.69) is 25.2 Å². The second-order valence-corrected chi connectivity index (χ2v) is 4.19. The molecular weight excluding hydrogens is 246 g/mol. The van der Waals surface area contributed by atoms with Crippen molar-refractivity contribution in [2.45, 2.75) is 13.1 Å². The van der Waals surface area contributed by atoms with Gasteiger partial charge < -0.3 is 14.6 Å². The van der Waals surface area contributed by atoms with Crippen molar-refractivity contribution in [3.8, 4) is 11.4 Å². The van der Waals surface area contributed by atoms with Gasteiger partial charge in [0, 0.05) is 24.8 Å². The first-order valence-corrected chi connectivity index (χ1v) is 5.97. The van der Waals surface area contributed by atoms with E-state index in [0.29, 0.717) is 6.54 Å². The molecule has 0 saturated carbocycles. The van der Waals surface area contributed by atoms with Crippen molar-refractivity contribution < 1.29 is 9.53 Å². The SMILES string of the molecule is COC(=O)c1cc(-c2nnc3n2CCNC3)ccn1. The minimum atomic E-state index is -0.457. The van der Waals surface area contributed by atoms with Gasteiger partial charge in [-0.05, 0) is 12.1 Å². The van der Waals surface area contributed by atoms with E-state index in [1.54, 1.807) is 12.3 Å². The van der Waals surface area contributed by atoms with Crippen LogP contribution < -0.4 is 5.32 Å². The number of nitrogens with one attached hydrogen (secondary N) is 1. The summed E-state index contributed by atoms with van der Waals surface area (Å²) in [7, 11) is 1.33. The molecule has 0 aromatic carbocycles. The van der Waals surface area contributed by atoms with Gasteiger partial charge >= 0.3 is 5.97 Å². The van der Waals surface area contributed by atoms with E-state index in [1.165, 1.54) is 7.11 Å². The Labute approximate surface area is 109 Å². The largest absolute Gasteiger partial charge is 0.464 e. The molecule has 0 bridgehead atoms. The van der Waals surface area contributed by atoms with Gasteiger partial charge in [-0.2, -0.15) is 0 Å². The molecule has 0 radical (unpaired) electrons. The van der Waals surface area contributed by atoms with Gasteiger partial charge in [0.25, 0.3) is 0 Å². The molecule has 0 unspecified atom stereocenters. The summed E-state index contributed by atoms with van der Waals surface area (Å²) in [6.07, 6.45) is 1.57. The summed E-state index contributed by atoms with van der Waals surface area (Å²) in [4.78, 5) is 15.5. The smallest absolute Gasteiger partial charge is 0.356 e. The summed E-state index contributed by atoms with van der Waals surface area (Å²) in [5.74, 6) is 1.20. The van der Waals surface area contributed by atoms with Crippen molar-refractivity contribution in [2.75, 3.05) is 13.7 Å². The zero-order valence-electron chi connectivity index (χ0n) is 10.5. The van der Waals surface area contributed by atoms with Gasteiger partial charge in [0.2, 0.25) is 0 Å². The predicted molar refractivity (Wildman–Crippen MR) is 66.3 cm³/mol. The van der Waals surface area contributed by atoms with E-state index < -0.39 is 5.97 Å². The van der Waals surface area contributed by atoms with Gasteiger partial charge in [0.05, 0.1) is 13.7 Å². The second kappa shape index (κ2) is 4.77. The van der Waals surface area contributed by atoms with E-state index in [1.807, 2.05) is 10.6 Å². The molecule has 2 aromatic heterocycles. The number of hydrogen-bond donors (Lipinski definition) is 1. The third-order valence-corrected chi connectivity index (χ3v) is 3.04. The van der Waals surface area contributed by atoms with Gasteiger partial charge in [-0.25, -0.2) is 9.78 Å². The maximum absolute atomic E-state index is 11.5. The average Bonchev–Trinajstić information content (AvgIpc) is 2.90. The van der Waals surface area contributed by atoms with E-state index >= 15 is 0 Å². The van der Waals surface area contributed by atoms with Crippen LogP contribution in [0.5, 0.6) is 0 Å². The van der Waals surface area contributed by atoms with Crippen molar-refractivity contribution >= 4 is 5.97 Å². The Bertz CT molecular complexity index is 622. The fourth-order valence-electron chi connectivity index (χ4n) is 2.09. The first-order valence-electron chi connectivity index (χ1n) is 5.97. The van der Waals surface area contributed by atoms with Crippen molar-refractivity contribution in [2.24, 2.45) is 0 Å². The van der Waals surface area contributed by atoms with E-state index in [4.69, 9.17) is 0 Å². The number of carbonyl (C=O) groups is 1. The molecule has 7 heteroatoms. The number of esters is 1. The number of nitrogens with zero attached hydrogens (tertiary/aromatic N) is 4. The normalized spacial score (nSPS) is 13.9. The Morgan fingerprint density at radius 2 is 2.37 bits per heavy atom. The molecule has 7 nitrogen and oxygen atoms in total. The van der Waals surface area contributed by atoms with Crippen LogP contribution in [0.25, 0.3) is 11.4 Å². The summed E-state index contributed by atoms with van der Waals surface area (Å²) in [6, 6.07) is 3.48. The molecule has 1 N–H and O–H groups in total. The minimum Gasteiger partial charge on any atom is -0.464 e. The van der Waals surface area contributed by atoms with Crippen LogP contribution in [0.1, 0.15) is 16.3 Å². The maximum atomic E-state index is 11.5. The predicted octanol–water partition coefficient (Wildman–Crippen LogP) is 0.230. The lowest BCUT2D eigenvalue weighted by molar-refractivity contribution is 0.0594. The van der Waals surface area contributed by atoms with Crippen molar-refractivity contribution in [1.29, 1.82) is 0 Å². The molecule has 98 valence electrons. The fourth-order valence-corrected chi connectivity index (χ4v) is 2.09. The molecule has 0 aliphatic carbocycles. The standard InChI is InChI=1S/C12H13N5O2/c1-19-12(18)9-6-8(2-3-14-9)11-16-15-10-7-13-4-5-17(10)11/h2-3,6,13H,4-5,7H2,1H3. The summed E-state index contributed by atoms with van der Waals surface area (Å²) in [5.41, 5.74) is 1.09. The van der Waals surface area contributed by atoms with Crippen LogP contribution >= 0.6 is 0 Å². The molecule has 19 heavy (non-hydrogen) atoms. The molecule has 1 aliphatic heterocycles. The summed E-state index contributed by atoms with van der Waals surface area (Å²) >= 11 is 0. The number of rotatable bonds is 2. The van der Waals surface area contributed by atoms with Crippen molar-refractivity contribution in [3.05, 3.63) is 29.8 Å². The highest BCUT2D eigenvalue weighted by Crippen LogP contribution is 2.20. The number of ether oxygens (including phenoxy) is 1. The van der Waals surface area contributed by atoms with Crippen molar-refractivity contribution in [3.63, 3.8) is 0 Å². The molecular formula is C12H13N5O2. The Morgan fingerprint density at radius 3 is 3.21 bits per heavy atom. The van der Waals surface area contributed by atoms with Crippen molar-refractivity contribution in [1.82, 2.24) is 25.1 Å². The third-order valence-electron chi connectivity index (χ3n) is 3.04. The number of pyridine rings is 1. The Balaban J connectivity index is 2.02. The highest BCUT2D eigenvalue weighted by atomic mass is 16.5. The van der Waals surface area contributed by atoms with Crippen LogP contribution in [0.3, 0.4) is 0 Å². The molecule has 1 aliphatic rings. The number of aromatic nitrogens is 4. The topological polar surface area (TPSA) is 81.9 Å². The lowest BCUT2D eigenvalue weighted by Crippen LogP contribution is -2.28. The van der Waals surface area contributed by atoms with Gasteiger partial charge in [0.15, 0.2) is 5.82 Å². The van der Waals surface area contributed by atoms with Gasteiger partial charge in [-0.15, -0.1) is 10.2 Å².